The maximum absolute atomic E-state index is 14.2. The number of primary amides is 1. The molecule has 2 amide bonds. The number of hydrogen-bond acceptors (Lipinski definition) is 5. The fourth-order valence-electron chi connectivity index (χ4n) is 3.81. The number of carbonyl (C=O) groups is 1. The summed E-state index contributed by atoms with van der Waals surface area (Å²) >= 11 is 6.33. The molecule has 1 atom stereocenters. The van der Waals surface area contributed by atoms with Crippen LogP contribution >= 0.6 is 11.6 Å². The summed E-state index contributed by atoms with van der Waals surface area (Å²) in [5.74, 6) is -1.31. The lowest BCUT2D eigenvalue weighted by molar-refractivity contribution is 0.256. The van der Waals surface area contributed by atoms with Crippen LogP contribution in [-0.4, -0.2) is 37.0 Å². The van der Waals surface area contributed by atoms with Crippen LogP contribution in [0, 0.1) is 5.82 Å². The Morgan fingerprint density at radius 2 is 2.03 bits per heavy atom. The van der Waals surface area contributed by atoms with Gasteiger partial charge in [-0.05, 0) is 37.1 Å². The lowest BCUT2D eigenvalue weighted by Crippen LogP contribution is -2.34. The van der Waals surface area contributed by atoms with Gasteiger partial charge in [-0.15, -0.1) is 0 Å². The highest BCUT2D eigenvalue weighted by atomic mass is 35.5. The number of hydrogen-bond donors (Lipinski definition) is 4. The lowest BCUT2D eigenvalue weighted by atomic mass is 9.90. The van der Waals surface area contributed by atoms with Gasteiger partial charge < -0.3 is 16.6 Å². The second kappa shape index (κ2) is 9.17. The molecule has 1 saturated heterocycles. The van der Waals surface area contributed by atoms with Gasteiger partial charge >= 0.3 is 6.03 Å². The third kappa shape index (κ3) is 4.22. The highest BCUT2D eigenvalue weighted by molar-refractivity contribution is 7.69. The maximum atomic E-state index is 14.2. The predicted octanol–water partition coefficient (Wildman–Crippen LogP) is 2.57. The highest BCUT2D eigenvalue weighted by Crippen LogP contribution is 2.45. The molecule has 8 nitrogen and oxygen atoms in total. The van der Waals surface area contributed by atoms with Crippen molar-refractivity contribution in [3.8, 4) is 5.75 Å². The minimum Gasteiger partial charge on any atom is -0.505 e. The molecule has 5 N–H and O–H groups in total. The molecule has 1 heterocycles. The number of urea groups is 1. The molecule has 0 saturated carbocycles. The van der Waals surface area contributed by atoms with Gasteiger partial charge in [-0.3, -0.25) is 4.90 Å². The number of aromatic hydroxyl groups is 1. The fraction of sp³-hybridized carbons (Fsp3) is 0.316. The van der Waals surface area contributed by atoms with Gasteiger partial charge in [-0.2, -0.15) is 0 Å². The fourth-order valence-corrected chi connectivity index (χ4v) is 4.75. The standard InChI is InChI=1S/C19H22ClFN4O4S/c20-13-6-7-16(18(26)17(13)11-3-2-8-24(10-11)30(28)29)25(19(23)27)15-5-1-4-14(21)12(15)9-22/h1,4-7,11,26,30H,2-3,8-10,22H2,(H2,23,27). The van der Waals surface area contributed by atoms with Crippen molar-refractivity contribution in [1.82, 2.24) is 4.31 Å². The molecule has 2 aromatic carbocycles. The Kier molecular flexibility index (Phi) is 6.81. The summed E-state index contributed by atoms with van der Waals surface area (Å²) < 4.78 is 38.3. The molecule has 0 aliphatic carbocycles. The number of nitrogens with two attached hydrogens (primary N) is 2. The zero-order chi connectivity index (χ0) is 22.0. The number of benzene rings is 2. The Balaban J connectivity index is 2.13. The van der Waals surface area contributed by atoms with Crippen molar-refractivity contribution < 1.29 is 22.7 Å². The van der Waals surface area contributed by atoms with Crippen LogP contribution in [0.2, 0.25) is 5.02 Å². The summed E-state index contributed by atoms with van der Waals surface area (Å²) in [5, 5.41) is 11.3. The number of carbonyl (C=O) groups excluding carboxylic acids is 1. The van der Waals surface area contributed by atoms with E-state index in [4.69, 9.17) is 23.1 Å². The minimum atomic E-state index is -2.76. The van der Waals surface area contributed by atoms with Crippen molar-refractivity contribution >= 4 is 39.9 Å². The second-order valence-electron chi connectivity index (χ2n) is 6.93. The van der Waals surface area contributed by atoms with E-state index in [-0.39, 0.29) is 46.7 Å². The average molecular weight is 457 g/mol. The quantitative estimate of drug-likeness (QED) is 0.514. The summed E-state index contributed by atoms with van der Waals surface area (Å²) in [6.45, 7) is 0.352. The van der Waals surface area contributed by atoms with E-state index in [1.165, 1.54) is 34.6 Å². The number of phenolic OH excluding ortho intramolecular Hbond substituents is 1. The van der Waals surface area contributed by atoms with Crippen LogP contribution in [0.25, 0.3) is 0 Å². The second-order valence-corrected chi connectivity index (χ2v) is 8.38. The zero-order valence-corrected chi connectivity index (χ0v) is 17.6. The summed E-state index contributed by atoms with van der Waals surface area (Å²) in [5.41, 5.74) is 11.7. The molecular formula is C19H22ClFN4O4S. The van der Waals surface area contributed by atoms with Crippen molar-refractivity contribution in [2.45, 2.75) is 25.3 Å². The van der Waals surface area contributed by atoms with Gasteiger partial charge in [0.05, 0.1) is 11.4 Å². The molecule has 1 aliphatic rings. The van der Waals surface area contributed by atoms with Crippen molar-refractivity contribution in [2.75, 3.05) is 18.0 Å². The summed E-state index contributed by atoms with van der Waals surface area (Å²) in [6, 6.07) is 6.00. The smallest absolute Gasteiger partial charge is 0.324 e. The molecule has 0 spiro atoms. The van der Waals surface area contributed by atoms with Crippen LogP contribution in [-0.2, 0) is 17.4 Å². The molecule has 2 aromatic rings. The van der Waals surface area contributed by atoms with Crippen LogP contribution in [0.3, 0.4) is 0 Å². The van der Waals surface area contributed by atoms with E-state index >= 15 is 0 Å². The molecular weight excluding hydrogens is 435 g/mol. The van der Waals surface area contributed by atoms with E-state index in [0.717, 1.165) is 4.90 Å². The lowest BCUT2D eigenvalue weighted by Gasteiger charge is -2.31. The van der Waals surface area contributed by atoms with Crippen LogP contribution in [0.4, 0.5) is 20.6 Å². The summed E-state index contributed by atoms with van der Waals surface area (Å²) in [4.78, 5) is 13.3. The molecule has 162 valence electrons. The SMILES string of the molecule is NCc1c(F)cccc1N(C(N)=O)c1ccc(Cl)c(C2CCCN([SH](=O)=O)C2)c1O. The van der Waals surface area contributed by atoms with Crippen LogP contribution in [0.15, 0.2) is 30.3 Å². The molecule has 0 bridgehead atoms. The van der Waals surface area contributed by atoms with Gasteiger partial charge in [-0.25, -0.2) is 21.9 Å². The Morgan fingerprint density at radius 1 is 1.30 bits per heavy atom. The molecule has 30 heavy (non-hydrogen) atoms. The topological polar surface area (TPSA) is 130 Å². The molecule has 1 unspecified atom stereocenters. The number of amides is 2. The first-order chi connectivity index (χ1) is 14.3. The highest BCUT2D eigenvalue weighted by Gasteiger charge is 2.30. The number of anilines is 2. The van der Waals surface area contributed by atoms with E-state index in [2.05, 4.69) is 0 Å². The van der Waals surface area contributed by atoms with Gasteiger partial charge in [0.15, 0.2) is 0 Å². The van der Waals surface area contributed by atoms with Crippen LogP contribution in [0.5, 0.6) is 5.75 Å². The summed E-state index contributed by atoms with van der Waals surface area (Å²) in [6.07, 6.45) is 1.19. The van der Waals surface area contributed by atoms with Gasteiger partial charge in [0.1, 0.15) is 11.6 Å². The number of thiol groups is 1. The minimum absolute atomic E-state index is 0.00540. The molecule has 1 fully saturated rings. The average Bonchev–Trinajstić information content (AvgIpc) is 2.70. The molecule has 3 rings (SSSR count). The number of rotatable bonds is 5. The Hall–Kier alpha value is -2.40. The summed E-state index contributed by atoms with van der Waals surface area (Å²) in [7, 11) is -2.76. The third-order valence-electron chi connectivity index (χ3n) is 5.18. The first kappa shape index (κ1) is 22.3. The monoisotopic (exact) mass is 456 g/mol. The largest absolute Gasteiger partial charge is 0.505 e. The number of nitrogens with zero attached hydrogens (tertiary/aromatic N) is 2. The van der Waals surface area contributed by atoms with Gasteiger partial charge in [0.2, 0.25) is 10.9 Å². The van der Waals surface area contributed by atoms with Crippen molar-refractivity contribution in [2.24, 2.45) is 11.5 Å². The Bertz CT molecular complexity index is 1040. The normalized spacial score (nSPS) is 17.3. The predicted molar refractivity (Wildman–Crippen MR) is 113 cm³/mol. The van der Waals surface area contributed by atoms with E-state index < -0.39 is 22.7 Å². The molecule has 0 radical (unpaired) electrons. The van der Waals surface area contributed by atoms with E-state index in [9.17, 15) is 22.7 Å². The maximum Gasteiger partial charge on any atom is 0.324 e. The van der Waals surface area contributed by atoms with Crippen LogP contribution in [0.1, 0.15) is 29.9 Å². The van der Waals surface area contributed by atoms with Crippen molar-refractivity contribution in [3.05, 3.63) is 52.3 Å². The Labute approximate surface area is 179 Å². The van der Waals surface area contributed by atoms with Crippen molar-refractivity contribution in [3.63, 3.8) is 0 Å². The van der Waals surface area contributed by atoms with E-state index in [1.807, 2.05) is 0 Å². The van der Waals surface area contributed by atoms with E-state index in [1.54, 1.807) is 0 Å². The Morgan fingerprint density at radius 3 is 2.67 bits per heavy atom. The number of piperidine rings is 1. The van der Waals surface area contributed by atoms with Gasteiger partial charge in [0.25, 0.3) is 0 Å². The first-order valence-corrected chi connectivity index (χ1v) is 10.7. The van der Waals surface area contributed by atoms with Crippen molar-refractivity contribution in [1.29, 1.82) is 0 Å². The van der Waals surface area contributed by atoms with E-state index in [0.29, 0.717) is 24.9 Å². The zero-order valence-electron chi connectivity index (χ0n) is 15.9. The molecule has 11 heteroatoms. The molecule has 0 aromatic heterocycles. The first-order valence-electron chi connectivity index (χ1n) is 9.23. The third-order valence-corrected chi connectivity index (χ3v) is 6.34. The molecule has 1 aliphatic heterocycles. The number of halogens is 2. The number of phenols is 1. The van der Waals surface area contributed by atoms with Gasteiger partial charge in [-0.1, -0.05) is 17.7 Å². The van der Waals surface area contributed by atoms with Gasteiger partial charge in [0, 0.05) is 41.7 Å². The van der Waals surface area contributed by atoms with Crippen LogP contribution < -0.4 is 16.4 Å².